The topological polar surface area (TPSA) is 84.7 Å². The number of nitrogens with two attached hydrogens (primary N) is 1. The van der Waals surface area contributed by atoms with Crippen molar-refractivity contribution < 1.29 is 14.3 Å². The van der Waals surface area contributed by atoms with Gasteiger partial charge in [0.25, 0.3) is 5.91 Å². The van der Waals surface area contributed by atoms with Gasteiger partial charge < -0.3 is 20.7 Å². The van der Waals surface area contributed by atoms with Crippen LogP contribution in [0.2, 0.25) is 0 Å². The summed E-state index contributed by atoms with van der Waals surface area (Å²) in [5.74, 6) is 0.951. The lowest BCUT2D eigenvalue weighted by atomic mass is 9.95. The summed E-state index contributed by atoms with van der Waals surface area (Å²) in [5.41, 5.74) is 6.23. The Balaban J connectivity index is 2.02. The van der Waals surface area contributed by atoms with Crippen molar-refractivity contribution in [1.82, 2.24) is 10.2 Å². The highest BCUT2D eigenvalue weighted by atomic mass is 16.5. The Morgan fingerprint density at radius 2 is 1.84 bits per heavy atom. The number of piperidine rings is 1. The molecule has 1 aromatic carbocycles. The summed E-state index contributed by atoms with van der Waals surface area (Å²) in [4.78, 5) is 27.2. The Morgan fingerprint density at radius 3 is 2.32 bits per heavy atom. The van der Waals surface area contributed by atoms with Crippen LogP contribution in [0.1, 0.15) is 37.0 Å². The van der Waals surface area contributed by atoms with Crippen molar-refractivity contribution in [2.45, 2.75) is 32.7 Å². The van der Waals surface area contributed by atoms with Crippen molar-refractivity contribution in [3.63, 3.8) is 0 Å². The van der Waals surface area contributed by atoms with E-state index in [1.165, 1.54) is 0 Å². The van der Waals surface area contributed by atoms with Crippen molar-refractivity contribution in [2.24, 2.45) is 17.6 Å². The number of methoxy groups -OCH3 is 1. The number of rotatable bonds is 6. The van der Waals surface area contributed by atoms with E-state index < -0.39 is 6.04 Å². The fourth-order valence-electron chi connectivity index (χ4n) is 3.07. The number of amides is 2. The molecule has 25 heavy (non-hydrogen) atoms. The number of likely N-dealkylation sites (tertiary alicyclic amines) is 1. The van der Waals surface area contributed by atoms with Crippen LogP contribution in [0.4, 0.5) is 0 Å². The molecule has 3 N–H and O–H groups in total. The Morgan fingerprint density at radius 1 is 1.24 bits per heavy atom. The van der Waals surface area contributed by atoms with Gasteiger partial charge in [-0.2, -0.15) is 0 Å². The summed E-state index contributed by atoms with van der Waals surface area (Å²) in [7, 11) is 1.58. The molecule has 2 rings (SSSR count). The number of hydrogen-bond donors (Lipinski definition) is 2. The highest BCUT2D eigenvalue weighted by Crippen LogP contribution is 2.18. The summed E-state index contributed by atoms with van der Waals surface area (Å²) < 4.78 is 5.10. The van der Waals surface area contributed by atoms with Crippen LogP contribution in [0.5, 0.6) is 5.75 Å². The normalized spacial score (nSPS) is 16.6. The summed E-state index contributed by atoms with van der Waals surface area (Å²) >= 11 is 0. The third kappa shape index (κ3) is 4.95. The molecule has 0 aliphatic carbocycles. The molecule has 1 aliphatic rings. The van der Waals surface area contributed by atoms with Crippen molar-refractivity contribution in [3.05, 3.63) is 29.8 Å². The molecule has 2 amide bonds. The van der Waals surface area contributed by atoms with Crippen LogP contribution in [0.25, 0.3) is 0 Å². The first-order valence-corrected chi connectivity index (χ1v) is 8.90. The van der Waals surface area contributed by atoms with E-state index in [-0.39, 0.29) is 17.7 Å². The quantitative estimate of drug-likeness (QED) is 0.819. The zero-order chi connectivity index (χ0) is 18.4. The van der Waals surface area contributed by atoms with Crippen LogP contribution >= 0.6 is 0 Å². The molecule has 0 spiro atoms. The summed E-state index contributed by atoms with van der Waals surface area (Å²) in [5, 5.41) is 2.90. The molecule has 1 heterocycles. The fraction of sp³-hybridized carbons (Fsp3) is 0.579. The maximum absolute atomic E-state index is 12.9. The number of nitrogens with zero attached hydrogens (tertiary/aromatic N) is 1. The molecule has 0 bridgehead atoms. The number of ether oxygens (including phenoxy) is 1. The molecule has 1 saturated heterocycles. The van der Waals surface area contributed by atoms with Crippen molar-refractivity contribution in [2.75, 3.05) is 26.7 Å². The predicted molar refractivity (Wildman–Crippen MR) is 97.4 cm³/mol. The van der Waals surface area contributed by atoms with Gasteiger partial charge in [-0.3, -0.25) is 9.59 Å². The highest BCUT2D eigenvalue weighted by Gasteiger charge is 2.31. The standard InChI is InChI=1S/C19H29N3O3/c1-13(2)17(19(24)22-10-8-14(12-20)9-11-22)21-18(23)15-4-6-16(25-3)7-5-15/h4-7,13-14,17H,8-12,20H2,1-3H3,(H,21,23). The number of carbonyl (C=O) groups is 2. The molecule has 138 valence electrons. The van der Waals surface area contributed by atoms with Gasteiger partial charge in [-0.1, -0.05) is 13.8 Å². The summed E-state index contributed by atoms with van der Waals surface area (Å²) in [6.07, 6.45) is 1.86. The average Bonchev–Trinajstić information content (AvgIpc) is 2.65. The Labute approximate surface area is 149 Å². The van der Waals surface area contributed by atoms with Gasteiger partial charge in [-0.15, -0.1) is 0 Å². The molecule has 1 aromatic rings. The first-order valence-electron chi connectivity index (χ1n) is 8.90. The van der Waals surface area contributed by atoms with E-state index in [0.717, 1.165) is 12.8 Å². The minimum atomic E-state index is -0.524. The lowest BCUT2D eigenvalue weighted by Gasteiger charge is -2.35. The van der Waals surface area contributed by atoms with Crippen LogP contribution in [0, 0.1) is 11.8 Å². The van der Waals surface area contributed by atoms with Crippen molar-refractivity contribution in [3.8, 4) is 5.75 Å². The van der Waals surface area contributed by atoms with Gasteiger partial charge in [0.1, 0.15) is 11.8 Å². The Bertz CT molecular complexity index is 578. The van der Waals surface area contributed by atoms with Crippen molar-refractivity contribution in [1.29, 1.82) is 0 Å². The molecule has 1 atom stereocenters. The number of nitrogens with one attached hydrogen (secondary N) is 1. The van der Waals surface area contributed by atoms with E-state index >= 15 is 0 Å². The first kappa shape index (κ1) is 19.2. The molecule has 6 nitrogen and oxygen atoms in total. The number of carbonyl (C=O) groups excluding carboxylic acids is 2. The van der Waals surface area contributed by atoms with Crippen LogP contribution < -0.4 is 15.8 Å². The smallest absolute Gasteiger partial charge is 0.251 e. The maximum atomic E-state index is 12.9. The first-order chi connectivity index (χ1) is 12.0. The zero-order valence-electron chi connectivity index (χ0n) is 15.3. The number of hydrogen-bond acceptors (Lipinski definition) is 4. The van der Waals surface area contributed by atoms with Gasteiger partial charge in [0.2, 0.25) is 5.91 Å². The third-order valence-electron chi connectivity index (χ3n) is 4.83. The Hall–Kier alpha value is -2.08. The fourth-order valence-corrected chi connectivity index (χ4v) is 3.07. The molecule has 0 radical (unpaired) electrons. The second-order valence-corrected chi connectivity index (χ2v) is 6.93. The van der Waals surface area contributed by atoms with E-state index in [2.05, 4.69) is 5.32 Å². The van der Waals surface area contributed by atoms with Gasteiger partial charge in [0.15, 0.2) is 0 Å². The van der Waals surface area contributed by atoms with Gasteiger partial charge in [0, 0.05) is 18.7 Å². The summed E-state index contributed by atoms with van der Waals surface area (Å²) in [6, 6.07) is 6.34. The second kappa shape index (κ2) is 8.85. The lowest BCUT2D eigenvalue weighted by Crippen LogP contribution is -2.53. The monoisotopic (exact) mass is 347 g/mol. The van der Waals surface area contributed by atoms with Crippen molar-refractivity contribution >= 4 is 11.8 Å². The molecular formula is C19H29N3O3. The number of benzene rings is 1. The third-order valence-corrected chi connectivity index (χ3v) is 4.83. The van der Waals surface area contributed by atoms with Crippen LogP contribution in [-0.4, -0.2) is 49.5 Å². The summed E-state index contributed by atoms with van der Waals surface area (Å²) in [6.45, 7) is 5.99. The van der Waals surface area contributed by atoms with Gasteiger partial charge in [-0.05, 0) is 55.5 Å². The molecule has 1 unspecified atom stereocenters. The molecular weight excluding hydrogens is 318 g/mol. The maximum Gasteiger partial charge on any atom is 0.251 e. The lowest BCUT2D eigenvalue weighted by molar-refractivity contribution is -0.135. The van der Waals surface area contributed by atoms with Crippen LogP contribution in [0.3, 0.4) is 0 Å². The average molecular weight is 347 g/mol. The molecule has 1 aliphatic heterocycles. The SMILES string of the molecule is COc1ccc(C(=O)NC(C(=O)N2CCC(CN)CC2)C(C)C)cc1. The molecule has 0 saturated carbocycles. The van der Waals surface area contributed by atoms with E-state index in [9.17, 15) is 9.59 Å². The zero-order valence-corrected chi connectivity index (χ0v) is 15.3. The van der Waals surface area contributed by atoms with Gasteiger partial charge >= 0.3 is 0 Å². The van der Waals surface area contributed by atoms with Crippen LogP contribution in [-0.2, 0) is 4.79 Å². The van der Waals surface area contributed by atoms with Gasteiger partial charge in [-0.25, -0.2) is 0 Å². The minimum Gasteiger partial charge on any atom is -0.497 e. The second-order valence-electron chi connectivity index (χ2n) is 6.93. The van der Waals surface area contributed by atoms with E-state index in [4.69, 9.17) is 10.5 Å². The van der Waals surface area contributed by atoms with Crippen LogP contribution in [0.15, 0.2) is 24.3 Å². The largest absolute Gasteiger partial charge is 0.497 e. The van der Waals surface area contributed by atoms with E-state index in [1.807, 2.05) is 18.7 Å². The van der Waals surface area contributed by atoms with E-state index in [0.29, 0.717) is 36.9 Å². The highest BCUT2D eigenvalue weighted by molar-refractivity contribution is 5.97. The predicted octanol–water partition coefficient (Wildman–Crippen LogP) is 1.65. The van der Waals surface area contributed by atoms with Gasteiger partial charge in [0.05, 0.1) is 7.11 Å². The Kier molecular flexibility index (Phi) is 6.82. The molecule has 0 aromatic heterocycles. The van der Waals surface area contributed by atoms with E-state index in [1.54, 1.807) is 31.4 Å². The molecule has 6 heteroatoms. The molecule has 1 fully saturated rings. The minimum absolute atomic E-state index is 0.00710.